The molecule has 0 bridgehead atoms. The first-order valence-corrected chi connectivity index (χ1v) is 9.94. The van der Waals surface area contributed by atoms with Crippen LogP contribution in [0.5, 0.6) is 5.75 Å². The van der Waals surface area contributed by atoms with Crippen molar-refractivity contribution >= 4 is 11.7 Å². The van der Waals surface area contributed by atoms with E-state index in [0.717, 1.165) is 30.3 Å². The maximum absolute atomic E-state index is 12.6. The molecule has 3 aromatic rings. The summed E-state index contributed by atoms with van der Waals surface area (Å²) in [4.78, 5) is 23.5. The Kier molecular flexibility index (Phi) is 6.24. The molecule has 2 aromatic heterocycles. The maximum atomic E-state index is 12.6. The van der Waals surface area contributed by atoms with E-state index in [1.165, 1.54) is 0 Å². The summed E-state index contributed by atoms with van der Waals surface area (Å²) in [5, 5.41) is 2.99. The molecule has 8 nitrogen and oxygen atoms in total. The molecule has 1 aliphatic heterocycles. The maximum Gasteiger partial charge on any atom is 0.251 e. The molecule has 0 unspecified atom stereocenters. The van der Waals surface area contributed by atoms with Crippen molar-refractivity contribution in [1.82, 2.24) is 19.9 Å². The van der Waals surface area contributed by atoms with Gasteiger partial charge in [-0.1, -0.05) is 6.07 Å². The Morgan fingerprint density at radius 3 is 2.67 bits per heavy atom. The molecule has 1 aliphatic rings. The van der Waals surface area contributed by atoms with E-state index in [0.29, 0.717) is 37.7 Å². The van der Waals surface area contributed by atoms with Gasteiger partial charge in [0.25, 0.3) is 5.91 Å². The van der Waals surface area contributed by atoms with Gasteiger partial charge in [0, 0.05) is 56.4 Å². The lowest BCUT2D eigenvalue weighted by Crippen LogP contribution is -2.37. The van der Waals surface area contributed by atoms with E-state index < -0.39 is 0 Å². The largest absolute Gasteiger partial charge is 0.486 e. The highest BCUT2D eigenvalue weighted by atomic mass is 16.5. The summed E-state index contributed by atoms with van der Waals surface area (Å²) in [6.07, 6.45) is 5.39. The van der Waals surface area contributed by atoms with Gasteiger partial charge in [0.05, 0.1) is 13.2 Å². The second kappa shape index (κ2) is 9.41. The average molecular weight is 407 g/mol. The third kappa shape index (κ3) is 4.77. The first-order chi connectivity index (χ1) is 14.7. The molecular formula is C22H25N5O3. The Labute approximate surface area is 175 Å². The van der Waals surface area contributed by atoms with Crippen LogP contribution < -0.4 is 15.0 Å². The first kappa shape index (κ1) is 19.9. The molecule has 1 aromatic carbocycles. The van der Waals surface area contributed by atoms with Crippen molar-refractivity contribution in [3.8, 4) is 5.75 Å². The van der Waals surface area contributed by atoms with Crippen molar-refractivity contribution in [2.24, 2.45) is 7.05 Å². The van der Waals surface area contributed by atoms with Crippen LogP contribution in [-0.2, 0) is 24.9 Å². The highest BCUT2D eigenvalue weighted by molar-refractivity contribution is 5.94. The van der Waals surface area contributed by atoms with Crippen LogP contribution in [0.2, 0.25) is 0 Å². The van der Waals surface area contributed by atoms with Crippen LogP contribution in [0.4, 0.5) is 5.82 Å². The van der Waals surface area contributed by atoms with E-state index in [-0.39, 0.29) is 5.91 Å². The van der Waals surface area contributed by atoms with Gasteiger partial charge in [0.15, 0.2) is 0 Å². The number of imidazole rings is 1. The normalized spacial score (nSPS) is 13.8. The lowest BCUT2D eigenvalue weighted by atomic mass is 10.2. The molecule has 3 heterocycles. The van der Waals surface area contributed by atoms with Gasteiger partial charge in [0.1, 0.15) is 24.0 Å². The highest BCUT2D eigenvalue weighted by Gasteiger charge is 2.16. The quantitative estimate of drug-likeness (QED) is 0.646. The summed E-state index contributed by atoms with van der Waals surface area (Å²) in [6, 6.07) is 11.0. The fourth-order valence-electron chi connectivity index (χ4n) is 3.29. The number of hydrogen-bond acceptors (Lipinski definition) is 6. The lowest BCUT2D eigenvalue weighted by Gasteiger charge is -2.29. The number of benzene rings is 1. The Morgan fingerprint density at radius 1 is 1.13 bits per heavy atom. The number of aromatic nitrogens is 3. The van der Waals surface area contributed by atoms with Crippen molar-refractivity contribution in [2.75, 3.05) is 31.2 Å². The van der Waals surface area contributed by atoms with Gasteiger partial charge in [-0.25, -0.2) is 9.97 Å². The van der Waals surface area contributed by atoms with Crippen LogP contribution in [0, 0.1) is 0 Å². The van der Waals surface area contributed by atoms with Crippen LogP contribution in [0.15, 0.2) is 55.0 Å². The number of rotatable bonds is 7. The second-order valence-electron chi connectivity index (χ2n) is 7.04. The molecular weight excluding hydrogens is 382 g/mol. The Hall–Kier alpha value is -3.39. The number of aryl methyl sites for hydroxylation is 1. The predicted octanol–water partition coefficient (Wildman–Crippen LogP) is 2.16. The van der Waals surface area contributed by atoms with Crippen LogP contribution >= 0.6 is 0 Å². The SMILES string of the molecule is Cn1ccnc1COc1ccc(C(=O)NCc2cccnc2N2CCOCC2)cc1. The summed E-state index contributed by atoms with van der Waals surface area (Å²) in [5.74, 6) is 2.29. The van der Waals surface area contributed by atoms with Crippen LogP contribution in [0.1, 0.15) is 21.7 Å². The minimum Gasteiger partial charge on any atom is -0.486 e. The van der Waals surface area contributed by atoms with Gasteiger partial charge in [0.2, 0.25) is 0 Å². The van der Waals surface area contributed by atoms with E-state index in [1.54, 1.807) is 36.7 Å². The number of nitrogens with one attached hydrogen (secondary N) is 1. The average Bonchev–Trinajstić information content (AvgIpc) is 3.22. The van der Waals surface area contributed by atoms with Crippen molar-refractivity contribution in [3.05, 3.63) is 71.9 Å². The summed E-state index contributed by atoms with van der Waals surface area (Å²) >= 11 is 0. The summed E-state index contributed by atoms with van der Waals surface area (Å²) < 4.78 is 13.1. The number of anilines is 1. The molecule has 4 rings (SSSR count). The molecule has 1 N–H and O–H groups in total. The van der Waals surface area contributed by atoms with Gasteiger partial charge in [-0.15, -0.1) is 0 Å². The molecule has 30 heavy (non-hydrogen) atoms. The minimum atomic E-state index is -0.137. The van der Waals surface area contributed by atoms with Gasteiger partial charge >= 0.3 is 0 Å². The van der Waals surface area contributed by atoms with Crippen molar-refractivity contribution in [2.45, 2.75) is 13.2 Å². The molecule has 0 aliphatic carbocycles. The first-order valence-electron chi connectivity index (χ1n) is 9.94. The number of carbonyl (C=O) groups excluding carboxylic acids is 1. The van der Waals surface area contributed by atoms with Crippen molar-refractivity contribution in [1.29, 1.82) is 0 Å². The molecule has 0 radical (unpaired) electrons. The van der Waals surface area contributed by atoms with Crippen LogP contribution in [0.3, 0.4) is 0 Å². The van der Waals surface area contributed by atoms with Crippen molar-refractivity contribution in [3.63, 3.8) is 0 Å². The third-order valence-electron chi connectivity index (χ3n) is 5.02. The topological polar surface area (TPSA) is 81.5 Å². The smallest absolute Gasteiger partial charge is 0.251 e. The molecule has 0 spiro atoms. The molecule has 1 saturated heterocycles. The Morgan fingerprint density at radius 2 is 1.93 bits per heavy atom. The molecule has 1 fully saturated rings. The monoisotopic (exact) mass is 407 g/mol. The zero-order chi connectivity index (χ0) is 20.8. The van der Waals surface area contributed by atoms with Gasteiger partial charge in [-0.05, 0) is 30.3 Å². The molecule has 8 heteroatoms. The zero-order valence-electron chi connectivity index (χ0n) is 17.0. The van der Waals surface area contributed by atoms with E-state index in [1.807, 2.05) is 29.9 Å². The lowest BCUT2D eigenvalue weighted by molar-refractivity contribution is 0.0950. The molecule has 0 atom stereocenters. The number of amides is 1. The molecule has 156 valence electrons. The second-order valence-corrected chi connectivity index (χ2v) is 7.04. The number of morpholine rings is 1. The number of nitrogens with zero attached hydrogens (tertiary/aromatic N) is 4. The predicted molar refractivity (Wildman–Crippen MR) is 112 cm³/mol. The van der Waals surface area contributed by atoms with Gasteiger partial charge in [-0.3, -0.25) is 4.79 Å². The highest BCUT2D eigenvalue weighted by Crippen LogP contribution is 2.19. The number of ether oxygens (including phenoxy) is 2. The molecule has 1 amide bonds. The summed E-state index contributed by atoms with van der Waals surface area (Å²) in [7, 11) is 1.92. The van der Waals surface area contributed by atoms with Crippen molar-refractivity contribution < 1.29 is 14.3 Å². The zero-order valence-corrected chi connectivity index (χ0v) is 17.0. The Bertz CT molecular complexity index is 980. The summed E-state index contributed by atoms with van der Waals surface area (Å²) in [5.41, 5.74) is 1.57. The Balaban J connectivity index is 1.34. The summed E-state index contributed by atoms with van der Waals surface area (Å²) in [6.45, 7) is 3.78. The van der Waals surface area contributed by atoms with Gasteiger partial charge < -0.3 is 24.3 Å². The number of hydrogen-bond donors (Lipinski definition) is 1. The van der Waals surface area contributed by atoms with E-state index in [2.05, 4.69) is 20.2 Å². The fraction of sp³-hybridized carbons (Fsp3) is 0.318. The standard InChI is InChI=1S/C22H25N5O3/c1-26-10-9-23-20(26)16-30-19-6-4-17(5-7-19)22(28)25-15-18-3-2-8-24-21(18)27-11-13-29-14-12-27/h2-10H,11-16H2,1H3,(H,25,28). The van der Waals surface area contributed by atoms with Gasteiger partial charge in [-0.2, -0.15) is 0 Å². The third-order valence-corrected chi connectivity index (χ3v) is 5.02. The number of carbonyl (C=O) groups is 1. The van der Waals surface area contributed by atoms with E-state index in [4.69, 9.17) is 9.47 Å². The van der Waals surface area contributed by atoms with Crippen LogP contribution in [-0.4, -0.2) is 46.7 Å². The number of pyridine rings is 1. The fourth-order valence-corrected chi connectivity index (χ4v) is 3.29. The van der Waals surface area contributed by atoms with E-state index >= 15 is 0 Å². The molecule has 0 saturated carbocycles. The van der Waals surface area contributed by atoms with E-state index in [9.17, 15) is 4.79 Å². The van der Waals surface area contributed by atoms with Crippen LogP contribution in [0.25, 0.3) is 0 Å². The minimum absolute atomic E-state index is 0.137.